The minimum absolute atomic E-state index is 0.194. The van der Waals surface area contributed by atoms with Gasteiger partial charge < -0.3 is 20.3 Å². The highest BCUT2D eigenvalue weighted by Gasteiger charge is 2.45. The van der Waals surface area contributed by atoms with Gasteiger partial charge in [0.1, 0.15) is 11.3 Å². The molecule has 0 radical (unpaired) electrons. The van der Waals surface area contributed by atoms with Crippen LogP contribution in [-0.4, -0.2) is 60.5 Å². The van der Waals surface area contributed by atoms with Gasteiger partial charge in [-0.3, -0.25) is 19.7 Å². The van der Waals surface area contributed by atoms with Gasteiger partial charge in [0.25, 0.3) is 11.6 Å². The van der Waals surface area contributed by atoms with Crippen LogP contribution >= 0.6 is 0 Å². The van der Waals surface area contributed by atoms with Gasteiger partial charge in [0.05, 0.1) is 17.6 Å². The molecule has 2 aromatic rings. The summed E-state index contributed by atoms with van der Waals surface area (Å²) in [5.41, 5.74) is -2.94. The molecule has 2 fully saturated rings. The molecule has 12 heteroatoms. The molecule has 38 heavy (non-hydrogen) atoms. The first-order valence-corrected chi connectivity index (χ1v) is 12.4. The lowest BCUT2D eigenvalue weighted by atomic mass is 9.84. The summed E-state index contributed by atoms with van der Waals surface area (Å²) in [7, 11) is 1.61. The number of para-hydroxylation sites is 1. The number of carbonyl (C=O) groups is 2. The van der Waals surface area contributed by atoms with Crippen LogP contribution in [0.3, 0.4) is 0 Å². The van der Waals surface area contributed by atoms with Crippen LogP contribution < -0.4 is 15.4 Å². The van der Waals surface area contributed by atoms with Crippen LogP contribution in [0.1, 0.15) is 53.1 Å². The Hall–Kier alpha value is -3.67. The van der Waals surface area contributed by atoms with E-state index in [1.807, 2.05) is 24.3 Å². The molecule has 2 saturated heterocycles. The van der Waals surface area contributed by atoms with Crippen molar-refractivity contribution >= 4 is 17.5 Å². The van der Waals surface area contributed by atoms with Crippen LogP contribution in [0.2, 0.25) is 0 Å². The average molecular weight is 535 g/mol. The van der Waals surface area contributed by atoms with Crippen molar-refractivity contribution in [1.82, 2.24) is 15.5 Å². The van der Waals surface area contributed by atoms with Crippen LogP contribution in [0.25, 0.3) is 0 Å². The molecule has 2 aromatic carbocycles. The number of benzene rings is 2. The minimum atomic E-state index is -4.88. The van der Waals surface area contributed by atoms with E-state index in [1.165, 1.54) is 0 Å². The number of nitrogens with zero attached hydrogens (tertiary/aromatic N) is 2. The number of alkyl halides is 3. The van der Waals surface area contributed by atoms with Crippen molar-refractivity contribution < 1.29 is 32.4 Å². The summed E-state index contributed by atoms with van der Waals surface area (Å²) < 4.78 is 45.5. The van der Waals surface area contributed by atoms with E-state index < -0.39 is 39.4 Å². The van der Waals surface area contributed by atoms with E-state index in [0.29, 0.717) is 51.2 Å². The molecule has 0 aliphatic carbocycles. The molecule has 0 atom stereocenters. The van der Waals surface area contributed by atoms with Crippen LogP contribution in [0.5, 0.6) is 5.75 Å². The molecule has 0 spiro atoms. The van der Waals surface area contributed by atoms with E-state index in [1.54, 1.807) is 12.0 Å². The molecule has 0 unspecified atom stereocenters. The van der Waals surface area contributed by atoms with Crippen molar-refractivity contribution in [2.45, 2.75) is 43.3 Å². The minimum Gasteiger partial charge on any atom is -0.496 e. The number of hydrogen-bond acceptors (Lipinski definition) is 6. The van der Waals surface area contributed by atoms with Crippen LogP contribution in [-0.2, 0) is 11.0 Å². The molecule has 0 bridgehead atoms. The van der Waals surface area contributed by atoms with Gasteiger partial charge in [-0.2, -0.15) is 13.2 Å². The first kappa shape index (κ1) is 27.4. The fourth-order valence-electron chi connectivity index (χ4n) is 5.25. The van der Waals surface area contributed by atoms with Crippen molar-refractivity contribution in [1.29, 1.82) is 0 Å². The van der Waals surface area contributed by atoms with Gasteiger partial charge in [-0.15, -0.1) is 0 Å². The molecule has 2 aliphatic rings. The van der Waals surface area contributed by atoms with Gasteiger partial charge in [0, 0.05) is 30.8 Å². The summed E-state index contributed by atoms with van der Waals surface area (Å²) in [4.78, 5) is 38.9. The number of rotatable bonds is 6. The van der Waals surface area contributed by atoms with Gasteiger partial charge in [0.2, 0.25) is 5.91 Å². The molecule has 9 nitrogen and oxygen atoms in total. The topological polar surface area (TPSA) is 114 Å². The summed E-state index contributed by atoms with van der Waals surface area (Å²) in [6.07, 6.45) is -3.02. The fourth-order valence-corrected chi connectivity index (χ4v) is 5.25. The normalized spacial score (nSPS) is 18.1. The van der Waals surface area contributed by atoms with Crippen molar-refractivity contribution in [3.8, 4) is 5.75 Å². The maximum Gasteiger partial charge on any atom is 0.416 e. The zero-order chi connectivity index (χ0) is 27.5. The Bertz CT molecular complexity index is 1210. The Morgan fingerprint density at radius 1 is 1.13 bits per heavy atom. The molecule has 204 valence electrons. The van der Waals surface area contributed by atoms with Crippen LogP contribution in [0.15, 0.2) is 42.5 Å². The second-order valence-electron chi connectivity index (χ2n) is 9.62. The Balaban J connectivity index is 1.54. The smallest absolute Gasteiger partial charge is 0.416 e. The van der Waals surface area contributed by atoms with E-state index in [9.17, 15) is 32.9 Å². The standard InChI is InChI=1S/C26H29F3N4O5/c1-38-22-5-3-2-4-21(22)17-6-12-32(13-7-17)24(35)25(8-10-30-11-9-25)31-23(34)18-14-19(26(27,28)29)16-20(15-18)33(36)37/h2-5,14-17,30H,6-13H2,1H3,(H,31,34). The third kappa shape index (κ3) is 5.74. The van der Waals surface area contributed by atoms with Crippen LogP contribution in [0, 0.1) is 10.1 Å². The SMILES string of the molecule is COc1ccccc1C1CCN(C(=O)C2(NC(=O)c3cc([N+](=O)[O-])cc(C(F)(F)F)c3)CCNCC2)CC1. The van der Waals surface area contributed by atoms with E-state index in [2.05, 4.69) is 10.6 Å². The number of hydrogen-bond donors (Lipinski definition) is 2. The Morgan fingerprint density at radius 3 is 2.39 bits per heavy atom. The Labute approximate surface area is 217 Å². The maximum absolute atomic E-state index is 13.8. The summed E-state index contributed by atoms with van der Waals surface area (Å²) in [6.45, 7) is 1.74. The number of nitro groups is 1. The number of nitrogens with one attached hydrogen (secondary N) is 2. The zero-order valence-corrected chi connectivity index (χ0v) is 20.8. The molecule has 2 heterocycles. The number of nitro benzene ring substituents is 1. The molecule has 2 amide bonds. The lowest BCUT2D eigenvalue weighted by Crippen LogP contribution is -2.64. The number of likely N-dealkylation sites (tertiary alicyclic amines) is 1. The number of ether oxygens (including phenoxy) is 1. The zero-order valence-electron chi connectivity index (χ0n) is 20.8. The first-order chi connectivity index (χ1) is 18.0. The molecule has 2 N–H and O–H groups in total. The summed E-state index contributed by atoms with van der Waals surface area (Å²) in [5.74, 6) is -0.278. The maximum atomic E-state index is 13.8. The van der Waals surface area contributed by atoms with E-state index in [0.717, 1.165) is 17.4 Å². The highest BCUT2D eigenvalue weighted by atomic mass is 19.4. The van der Waals surface area contributed by atoms with Crippen LogP contribution in [0.4, 0.5) is 18.9 Å². The summed E-state index contributed by atoms with van der Waals surface area (Å²) in [5, 5.41) is 17.0. The number of non-ortho nitro benzene ring substituents is 1. The average Bonchev–Trinajstić information content (AvgIpc) is 2.92. The molecular weight excluding hydrogens is 505 g/mol. The lowest BCUT2D eigenvalue weighted by molar-refractivity contribution is -0.385. The Kier molecular flexibility index (Phi) is 7.91. The summed E-state index contributed by atoms with van der Waals surface area (Å²) in [6, 6.07) is 9.47. The second kappa shape index (κ2) is 11.0. The molecule has 0 saturated carbocycles. The molecule has 2 aliphatic heterocycles. The second-order valence-corrected chi connectivity index (χ2v) is 9.62. The summed E-state index contributed by atoms with van der Waals surface area (Å²) >= 11 is 0. The predicted molar refractivity (Wildman–Crippen MR) is 132 cm³/mol. The van der Waals surface area contributed by atoms with Gasteiger partial charge in [-0.05, 0) is 62.4 Å². The van der Waals surface area contributed by atoms with E-state index >= 15 is 0 Å². The third-order valence-corrected chi connectivity index (χ3v) is 7.30. The largest absolute Gasteiger partial charge is 0.496 e. The van der Waals surface area contributed by atoms with Crippen molar-refractivity contribution in [2.24, 2.45) is 0 Å². The van der Waals surface area contributed by atoms with Gasteiger partial charge in [-0.1, -0.05) is 18.2 Å². The van der Waals surface area contributed by atoms with Gasteiger partial charge in [0.15, 0.2) is 0 Å². The number of carbonyl (C=O) groups excluding carboxylic acids is 2. The van der Waals surface area contributed by atoms with E-state index in [-0.39, 0.29) is 24.7 Å². The molecule has 4 rings (SSSR count). The highest BCUT2D eigenvalue weighted by Crippen LogP contribution is 2.36. The number of piperidine rings is 2. The predicted octanol–water partition coefficient (Wildman–Crippen LogP) is 3.88. The Morgan fingerprint density at radius 2 is 1.79 bits per heavy atom. The molecular formula is C26H29F3N4O5. The molecule has 0 aromatic heterocycles. The number of amides is 2. The van der Waals surface area contributed by atoms with Crippen molar-refractivity contribution in [3.05, 3.63) is 69.3 Å². The van der Waals surface area contributed by atoms with E-state index in [4.69, 9.17) is 4.74 Å². The first-order valence-electron chi connectivity index (χ1n) is 12.4. The van der Waals surface area contributed by atoms with Crippen molar-refractivity contribution in [3.63, 3.8) is 0 Å². The fraction of sp³-hybridized carbons (Fsp3) is 0.462. The monoisotopic (exact) mass is 534 g/mol. The van der Waals surface area contributed by atoms with Gasteiger partial charge in [-0.25, -0.2) is 0 Å². The van der Waals surface area contributed by atoms with Gasteiger partial charge >= 0.3 is 6.18 Å². The highest BCUT2D eigenvalue weighted by molar-refractivity contribution is 6.00. The number of methoxy groups -OCH3 is 1. The van der Waals surface area contributed by atoms with Crippen molar-refractivity contribution in [2.75, 3.05) is 33.3 Å². The quantitative estimate of drug-likeness (QED) is 0.430. The number of halogens is 3. The third-order valence-electron chi connectivity index (χ3n) is 7.30. The lowest BCUT2D eigenvalue weighted by Gasteiger charge is -2.42.